The first-order chi connectivity index (χ1) is 8.14. The molecular formula is C14H13N3. The van der Waals surface area contributed by atoms with E-state index in [-0.39, 0.29) is 5.66 Å². The standard InChI is InChI=1S/C14H13N3/c1-14(2)16-12-8-11(15-9-13(12)17-14)10-6-4-3-5-7-10/h3-9H,1-2H3. The van der Waals surface area contributed by atoms with E-state index in [0.29, 0.717) is 0 Å². The lowest BCUT2D eigenvalue weighted by atomic mass is 10.1. The van der Waals surface area contributed by atoms with Gasteiger partial charge in [0.1, 0.15) is 11.0 Å². The minimum Gasteiger partial charge on any atom is -0.254 e. The maximum absolute atomic E-state index is 4.56. The Labute approximate surface area is 99.6 Å². The Morgan fingerprint density at radius 1 is 0.941 bits per heavy atom. The molecule has 2 heterocycles. The summed E-state index contributed by atoms with van der Waals surface area (Å²) >= 11 is 0. The Hall–Kier alpha value is -2.03. The molecule has 1 aliphatic rings. The maximum Gasteiger partial charge on any atom is 0.146 e. The molecule has 0 amide bonds. The second-order valence-electron chi connectivity index (χ2n) is 4.64. The van der Waals surface area contributed by atoms with Crippen molar-refractivity contribution in [3.63, 3.8) is 0 Å². The van der Waals surface area contributed by atoms with Gasteiger partial charge in [0.2, 0.25) is 0 Å². The van der Waals surface area contributed by atoms with Crippen LogP contribution in [0.5, 0.6) is 0 Å². The Bertz CT molecular complexity index is 672. The zero-order chi connectivity index (χ0) is 11.9. The molecule has 0 unspecified atom stereocenters. The molecule has 0 spiro atoms. The van der Waals surface area contributed by atoms with E-state index >= 15 is 0 Å². The minimum atomic E-state index is -0.348. The quantitative estimate of drug-likeness (QED) is 0.725. The van der Waals surface area contributed by atoms with Gasteiger partial charge in [-0.25, -0.2) is 0 Å². The molecule has 1 aromatic heterocycles. The van der Waals surface area contributed by atoms with Gasteiger partial charge >= 0.3 is 0 Å². The highest BCUT2D eigenvalue weighted by Gasteiger charge is 2.18. The van der Waals surface area contributed by atoms with Crippen LogP contribution in [-0.4, -0.2) is 10.6 Å². The number of rotatable bonds is 1. The first-order valence-electron chi connectivity index (χ1n) is 5.65. The van der Waals surface area contributed by atoms with Crippen LogP contribution in [0.25, 0.3) is 11.3 Å². The first kappa shape index (κ1) is 10.1. The van der Waals surface area contributed by atoms with Gasteiger partial charge in [0.25, 0.3) is 0 Å². The Kier molecular flexibility index (Phi) is 2.08. The molecule has 0 saturated carbocycles. The molecular weight excluding hydrogens is 210 g/mol. The van der Waals surface area contributed by atoms with Gasteiger partial charge in [0, 0.05) is 5.56 Å². The van der Waals surface area contributed by atoms with Crippen LogP contribution >= 0.6 is 0 Å². The van der Waals surface area contributed by atoms with Crippen LogP contribution < -0.4 is 10.7 Å². The van der Waals surface area contributed by atoms with Crippen LogP contribution in [0.4, 0.5) is 0 Å². The lowest BCUT2D eigenvalue weighted by Crippen LogP contribution is -2.22. The van der Waals surface area contributed by atoms with Gasteiger partial charge in [-0.05, 0) is 19.9 Å². The van der Waals surface area contributed by atoms with Gasteiger partial charge in [-0.1, -0.05) is 30.3 Å². The smallest absolute Gasteiger partial charge is 0.146 e. The predicted molar refractivity (Wildman–Crippen MR) is 66.1 cm³/mol. The van der Waals surface area contributed by atoms with Crippen molar-refractivity contribution in [2.45, 2.75) is 19.5 Å². The zero-order valence-corrected chi connectivity index (χ0v) is 9.88. The van der Waals surface area contributed by atoms with Crippen molar-refractivity contribution in [2.75, 3.05) is 0 Å². The Morgan fingerprint density at radius 2 is 1.65 bits per heavy atom. The maximum atomic E-state index is 4.56. The van der Waals surface area contributed by atoms with Gasteiger partial charge in [-0.15, -0.1) is 0 Å². The highest BCUT2D eigenvalue weighted by Crippen LogP contribution is 2.15. The van der Waals surface area contributed by atoms with Gasteiger partial charge in [0.15, 0.2) is 0 Å². The fourth-order valence-corrected chi connectivity index (χ4v) is 1.99. The number of hydrogen-bond donors (Lipinski definition) is 0. The SMILES string of the molecule is CC1(C)N=c2cnc(-c3ccccc3)cc2=N1. The summed E-state index contributed by atoms with van der Waals surface area (Å²) in [6, 6.07) is 12.1. The van der Waals surface area contributed by atoms with Crippen molar-refractivity contribution in [2.24, 2.45) is 9.98 Å². The molecule has 3 heteroatoms. The molecule has 0 bridgehead atoms. The number of nitrogens with zero attached hydrogens (tertiary/aromatic N) is 3. The molecule has 1 aromatic carbocycles. The zero-order valence-electron chi connectivity index (χ0n) is 9.88. The fraction of sp³-hybridized carbons (Fsp3) is 0.214. The molecule has 0 N–H and O–H groups in total. The van der Waals surface area contributed by atoms with E-state index in [9.17, 15) is 0 Å². The topological polar surface area (TPSA) is 37.6 Å². The second-order valence-corrected chi connectivity index (χ2v) is 4.64. The highest BCUT2D eigenvalue weighted by atomic mass is 15.1. The number of pyridine rings is 1. The lowest BCUT2D eigenvalue weighted by Gasteiger charge is -2.06. The van der Waals surface area contributed by atoms with Crippen LogP contribution in [0.3, 0.4) is 0 Å². The summed E-state index contributed by atoms with van der Waals surface area (Å²) in [5.74, 6) is 0. The summed E-state index contributed by atoms with van der Waals surface area (Å²) in [6.45, 7) is 3.99. The molecule has 17 heavy (non-hydrogen) atoms. The van der Waals surface area contributed by atoms with Crippen LogP contribution in [0.2, 0.25) is 0 Å². The third kappa shape index (κ3) is 1.84. The fourth-order valence-electron chi connectivity index (χ4n) is 1.99. The minimum absolute atomic E-state index is 0.348. The molecule has 0 saturated heterocycles. The lowest BCUT2D eigenvalue weighted by molar-refractivity contribution is 0.549. The van der Waals surface area contributed by atoms with Crippen LogP contribution in [0, 0.1) is 0 Å². The van der Waals surface area contributed by atoms with Gasteiger partial charge in [-0.2, -0.15) is 0 Å². The van der Waals surface area contributed by atoms with Crippen LogP contribution in [-0.2, 0) is 0 Å². The molecule has 0 radical (unpaired) electrons. The summed E-state index contributed by atoms with van der Waals surface area (Å²) in [7, 11) is 0. The molecule has 0 atom stereocenters. The Balaban J connectivity index is 2.18. The average Bonchev–Trinajstić information content (AvgIpc) is 2.63. The molecule has 0 fully saturated rings. The number of aromatic nitrogens is 1. The van der Waals surface area contributed by atoms with Crippen molar-refractivity contribution in [3.05, 3.63) is 53.3 Å². The third-order valence-corrected chi connectivity index (χ3v) is 2.72. The normalized spacial score (nSPS) is 15.9. The van der Waals surface area contributed by atoms with E-state index < -0.39 is 0 Å². The van der Waals surface area contributed by atoms with E-state index in [0.717, 1.165) is 22.0 Å². The molecule has 1 aliphatic heterocycles. The van der Waals surface area contributed by atoms with Crippen molar-refractivity contribution >= 4 is 0 Å². The summed E-state index contributed by atoms with van der Waals surface area (Å²) in [6.07, 6.45) is 1.80. The van der Waals surface area contributed by atoms with Crippen LogP contribution in [0.15, 0.2) is 52.6 Å². The predicted octanol–water partition coefficient (Wildman–Crippen LogP) is 1.74. The van der Waals surface area contributed by atoms with E-state index in [1.165, 1.54) is 0 Å². The number of fused-ring (bicyclic) bond motifs is 1. The van der Waals surface area contributed by atoms with Gasteiger partial charge < -0.3 is 0 Å². The van der Waals surface area contributed by atoms with E-state index in [2.05, 4.69) is 15.0 Å². The third-order valence-electron chi connectivity index (χ3n) is 2.72. The van der Waals surface area contributed by atoms with Crippen molar-refractivity contribution in [1.29, 1.82) is 0 Å². The largest absolute Gasteiger partial charge is 0.254 e. The highest BCUT2D eigenvalue weighted by molar-refractivity contribution is 5.58. The Morgan fingerprint density at radius 3 is 2.41 bits per heavy atom. The van der Waals surface area contributed by atoms with E-state index in [4.69, 9.17) is 0 Å². The molecule has 84 valence electrons. The summed E-state index contributed by atoms with van der Waals surface area (Å²) in [5.41, 5.74) is 1.70. The van der Waals surface area contributed by atoms with Crippen molar-refractivity contribution < 1.29 is 0 Å². The average molecular weight is 223 g/mol. The molecule has 2 aromatic rings. The van der Waals surface area contributed by atoms with E-state index in [1.807, 2.05) is 50.2 Å². The number of hydrogen-bond acceptors (Lipinski definition) is 3. The number of benzene rings is 1. The monoisotopic (exact) mass is 223 g/mol. The van der Waals surface area contributed by atoms with E-state index in [1.54, 1.807) is 6.20 Å². The summed E-state index contributed by atoms with van der Waals surface area (Å²) in [4.78, 5) is 13.5. The molecule has 0 aliphatic carbocycles. The first-order valence-corrected chi connectivity index (χ1v) is 5.65. The molecule has 3 rings (SSSR count). The molecule has 3 nitrogen and oxygen atoms in total. The van der Waals surface area contributed by atoms with Gasteiger partial charge in [-0.3, -0.25) is 15.0 Å². The van der Waals surface area contributed by atoms with Crippen molar-refractivity contribution in [3.8, 4) is 11.3 Å². The second kappa shape index (κ2) is 3.48. The van der Waals surface area contributed by atoms with Crippen molar-refractivity contribution in [1.82, 2.24) is 4.98 Å². The van der Waals surface area contributed by atoms with Gasteiger partial charge in [0.05, 0.1) is 17.2 Å². The summed E-state index contributed by atoms with van der Waals surface area (Å²) in [5, 5.41) is 1.82. The summed E-state index contributed by atoms with van der Waals surface area (Å²) < 4.78 is 0. The van der Waals surface area contributed by atoms with Crippen LogP contribution in [0.1, 0.15) is 13.8 Å².